The molecule has 72 valence electrons. The van der Waals surface area contributed by atoms with Gasteiger partial charge in [-0.05, 0) is 25.5 Å². The summed E-state index contributed by atoms with van der Waals surface area (Å²) in [6.45, 7) is 4.11. The van der Waals surface area contributed by atoms with Crippen LogP contribution in [0.3, 0.4) is 0 Å². The van der Waals surface area contributed by atoms with E-state index < -0.39 is 0 Å². The van der Waals surface area contributed by atoms with Crippen molar-refractivity contribution in [3.8, 4) is 11.5 Å². The minimum Gasteiger partial charge on any atom is -0.493 e. The minimum atomic E-state index is -0.277. The monoisotopic (exact) mass is 184 g/mol. The molecule has 0 spiro atoms. The van der Waals surface area contributed by atoms with E-state index in [0.717, 1.165) is 0 Å². The average Bonchev–Trinajstić information content (AvgIpc) is 2.11. The highest BCUT2D eigenvalue weighted by molar-refractivity contribution is 5.43. The molecule has 0 N–H and O–H groups in total. The van der Waals surface area contributed by atoms with Crippen LogP contribution in [0.5, 0.6) is 11.5 Å². The average molecular weight is 184 g/mol. The van der Waals surface area contributed by atoms with E-state index >= 15 is 0 Å². The first kappa shape index (κ1) is 9.84. The Morgan fingerprint density at radius 2 is 2.00 bits per heavy atom. The zero-order chi connectivity index (χ0) is 9.84. The van der Waals surface area contributed by atoms with Crippen LogP contribution in [0.2, 0.25) is 0 Å². The molecule has 3 heteroatoms. The van der Waals surface area contributed by atoms with Crippen LogP contribution in [-0.2, 0) is 0 Å². The summed E-state index contributed by atoms with van der Waals surface area (Å²) in [6.07, 6.45) is 0. The van der Waals surface area contributed by atoms with Gasteiger partial charge in [0.2, 0.25) is 0 Å². The third-order valence-electron chi connectivity index (χ3n) is 1.74. The Morgan fingerprint density at radius 1 is 1.31 bits per heavy atom. The number of ether oxygens (including phenoxy) is 2. The molecule has 1 aromatic rings. The Balaban J connectivity index is 3.09. The van der Waals surface area contributed by atoms with E-state index in [2.05, 4.69) is 0 Å². The molecule has 0 radical (unpaired) electrons. The van der Waals surface area contributed by atoms with Crippen molar-refractivity contribution in [2.45, 2.75) is 13.8 Å². The topological polar surface area (TPSA) is 18.5 Å². The summed E-state index contributed by atoms with van der Waals surface area (Å²) in [5, 5.41) is 0. The molecule has 0 heterocycles. The van der Waals surface area contributed by atoms with Crippen LogP contribution >= 0.6 is 0 Å². The molecule has 0 aromatic heterocycles. The van der Waals surface area contributed by atoms with Gasteiger partial charge in [0.05, 0.1) is 13.7 Å². The molecule has 0 saturated heterocycles. The molecule has 2 nitrogen and oxygen atoms in total. The van der Waals surface area contributed by atoms with E-state index in [1.54, 1.807) is 13.0 Å². The summed E-state index contributed by atoms with van der Waals surface area (Å²) in [5.74, 6) is 0.745. The molecule has 0 atom stereocenters. The zero-order valence-electron chi connectivity index (χ0n) is 8.06. The fourth-order valence-corrected chi connectivity index (χ4v) is 1.06. The molecule has 0 aliphatic heterocycles. The number of hydrogen-bond acceptors (Lipinski definition) is 2. The maximum Gasteiger partial charge on any atom is 0.163 e. The van der Waals surface area contributed by atoms with E-state index in [1.165, 1.54) is 13.2 Å². The number of rotatable bonds is 3. The predicted octanol–water partition coefficient (Wildman–Crippen LogP) is 2.54. The minimum absolute atomic E-state index is 0.277. The molecule has 0 amide bonds. The van der Waals surface area contributed by atoms with E-state index in [1.807, 2.05) is 6.92 Å². The number of methoxy groups -OCH3 is 1. The van der Waals surface area contributed by atoms with Crippen LogP contribution < -0.4 is 9.47 Å². The SMILES string of the molecule is CCOc1cc(C)c(F)cc1OC. The van der Waals surface area contributed by atoms with E-state index in [0.29, 0.717) is 23.7 Å². The molecular weight excluding hydrogens is 171 g/mol. The first-order chi connectivity index (χ1) is 6.19. The van der Waals surface area contributed by atoms with Gasteiger partial charge in [-0.1, -0.05) is 0 Å². The van der Waals surface area contributed by atoms with Crippen LogP contribution in [0.1, 0.15) is 12.5 Å². The van der Waals surface area contributed by atoms with Crippen LogP contribution in [0.15, 0.2) is 12.1 Å². The molecule has 0 bridgehead atoms. The van der Waals surface area contributed by atoms with Crippen LogP contribution in [-0.4, -0.2) is 13.7 Å². The highest BCUT2D eigenvalue weighted by Crippen LogP contribution is 2.29. The van der Waals surface area contributed by atoms with Crippen molar-refractivity contribution in [1.82, 2.24) is 0 Å². The van der Waals surface area contributed by atoms with Gasteiger partial charge < -0.3 is 9.47 Å². The second-order valence-electron chi connectivity index (χ2n) is 2.69. The third kappa shape index (κ3) is 2.11. The maximum absolute atomic E-state index is 13.1. The van der Waals surface area contributed by atoms with Crippen LogP contribution in [0.4, 0.5) is 4.39 Å². The fourth-order valence-electron chi connectivity index (χ4n) is 1.06. The Morgan fingerprint density at radius 3 is 2.54 bits per heavy atom. The molecule has 13 heavy (non-hydrogen) atoms. The van der Waals surface area contributed by atoms with Gasteiger partial charge in [0, 0.05) is 6.07 Å². The van der Waals surface area contributed by atoms with Crippen molar-refractivity contribution in [2.75, 3.05) is 13.7 Å². The quantitative estimate of drug-likeness (QED) is 0.718. The van der Waals surface area contributed by atoms with Gasteiger partial charge in [-0.25, -0.2) is 4.39 Å². The second-order valence-corrected chi connectivity index (χ2v) is 2.69. The second kappa shape index (κ2) is 4.12. The molecule has 0 saturated carbocycles. The van der Waals surface area contributed by atoms with Crippen molar-refractivity contribution in [3.05, 3.63) is 23.5 Å². The lowest BCUT2D eigenvalue weighted by Crippen LogP contribution is -1.97. The standard InChI is InChI=1S/C10H13FO2/c1-4-13-10-5-7(2)8(11)6-9(10)12-3/h5-6H,4H2,1-3H3. The van der Waals surface area contributed by atoms with E-state index in [4.69, 9.17) is 9.47 Å². The van der Waals surface area contributed by atoms with Gasteiger partial charge in [0.25, 0.3) is 0 Å². The summed E-state index contributed by atoms with van der Waals surface area (Å²) in [5.41, 5.74) is 0.559. The summed E-state index contributed by atoms with van der Waals surface area (Å²) < 4.78 is 23.3. The van der Waals surface area contributed by atoms with Crippen LogP contribution in [0, 0.1) is 12.7 Å². The lowest BCUT2D eigenvalue weighted by atomic mass is 10.2. The first-order valence-electron chi connectivity index (χ1n) is 4.16. The molecule has 0 aliphatic rings. The van der Waals surface area contributed by atoms with Crippen LogP contribution in [0.25, 0.3) is 0 Å². The summed E-state index contributed by atoms with van der Waals surface area (Å²) in [4.78, 5) is 0. The summed E-state index contributed by atoms with van der Waals surface area (Å²) in [6, 6.07) is 2.97. The van der Waals surface area contributed by atoms with E-state index in [9.17, 15) is 4.39 Å². The van der Waals surface area contributed by atoms with Gasteiger partial charge in [0.1, 0.15) is 5.82 Å². The molecule has 1 aromatic carbocycles. The summed E-state index contributed by atoms with van der Waals surface area (Å²) in [7, 11) is 1.49. The van der Waals surface area contributed by atoms with Gasteiger partial charge in [-0.15, -0.1) is 0 Å². The molecule has 0 unspecified atom stereocenters. The highest BCUT2D eigenvalue weighted by Gasteiger charge is 2.07. The first-order valence-corrected chi connectivity index (χ1v) is 4.16. The Kier molecular flexibility index (Phi) is 3.12. The highest BCUT2D eigenvalue weighted by atomic mass is 19.1. The van der Waals surface area contributed by atoms with Gasteiger partial charge in [-0.3, -0.25) is 0 Å². The number of aryl methyl sites for hydroxylation is 1. The van der Waals surface area contributed by atoms with Gasteiger partial charge in [0.15, 0.2) is 11.5 Å². The normalized spacial score (nSPS) is 9.85. The van der Waals surface area contributed by atoms with Gasteiger partial charge >= 0.3 is 0 Å². The molecule has 1 rings (SSSR count). The third-order valence-corrected chi connectivity index (χ3v) is 1.74. The Labute approximate surface area is 77.3 Å². The fraction of sp³-hybridized carbons (Fsp3) is 0.400. The number of benzene rings is 1. The summed E-state index contributed by atoms with van der Waals surface area (Å²) >= 11 is 0. The molecule has 0 fully saturated rings. The number of hydrogen-bond donors (Lipinski definition) is 0. The van der Waals surface area contributed by atoms with Crippen molar-refractivity contribution in [1.29, 1.82) is 0 Å². The molecular formula is C10H13FO2. The lowest BCUT2D eigenvalue weighted by Gasteiger charge is -2.10. The smallest absolute Gasteiger partial charge is 0.163 e. The predicted molar refractivity (Wildman–Crippen MR) is 48.9 cm³/mol. The number of halogens is 1. The van der Waals surface area contributed by atoms with Crippen molar-refractivity contribution in [3.63, 3.8) is 0 Å². The molecule has 0 aliphatic carbocycles. The Bertz CT molecular complexity index is 297. The maximum atomic E-state index is 13.1. The largest absolute Gasteiger partial charge is 0.493 e. The van der Waals surface area contributed by atoms with Crippen molar-refractivity contribution >= 4 is 0 Å². The van der Waals surface area contributed by atoms with E-state index in [-0.39, 0.29) is 5.82 Å². The van der Waals surface area contributed by atoms with Gasteiger partial charge in [-0.2, -0.15) is 0 Å². The van der Waals surface area contributed by atoms with Crippen molar-refractivity contribution in [2.24, 2.45) is 0 Å². The lowest BCUT2D eigenvalue weighted by molar-refractivity contribution is 0.309. The Hall–Kier alpha value is -1.25. The van der Waals surface area contributed by atoms with Crippen molar-refractivity contribution < 1.29 is 13.9 Å². The zero-order valence-corrected chi connectivity index (χ0v) is 8.06.